The summed E-state index contributed by atoms with van der Waals surface area (Å²) in [5.74, 6) is 2.08. The summed E-state index contributed by atoms with van der Waals surface area (Å²) in [5, 5.41) is 13.2. The molecule has 108 valence electrons. The average molecular weight is 301 g/mol. The first-order valence-electron chi connectivity index (χ1n) is 6.57. The van der Waals surface area contributed by atoms with Gasteiger partial charge < -0.3 is 9.09 Å². The van der Waals surface area contributed by atoms with Crippen LogP contribution in [0.5, 0.6) is 0 Å². The maximum Gasteiger partial charge on any atom is 0.239 e. The summed E-state index contributed by atoms with van der Waals surface area (Å²) >= 11 is 1.55. The lowest BCUT2D eigenvalue weighted by molar-refractivity contribution is 0.376. The van der Waals surface area contributed by atoms with E-state index in [1.165, 1.54) is 0 Å². The fraction of sp³-hybridized carbons (Fsp3) is 0.286. The topological polar surface area (TPSA) is 69.6 Å². The Kier molecular flexibility index (Phi) is 3.74. The van der Waals surface area contributed by atoms with Crippen LogP contribution in [0.15, 0.2) is 40.0 Å². The highest BCUT2D eigenvalue weighted by molar-refractivity contribution is 7.99. The molecule has 0 unspecified atom stereocenters. The molecule has 6 nitrogen and oxygen atoms in total. The van der Waals surface area contributed by atoms with Crippen LogP contribution in [-0.2, 0) is 7.05 Å². The van der Waals surface area contributed by atoms with Gasteiger partial charge in [0.2, 0.25) is 5.89 Å². The third-order valence-electron chi connectivity index (χ3n) is 3.04. The van der Waals surface area contributed by atoms with Gasteiger partial charge in [-0.1, -0.05) is 47.3 Å². The lowest BCUT2D eigenvalue weighted by Crippen LogP contribution is -1.97. The maximum atomic E-state index is 5.19. The second kappa shape index (κ2) is 5.69. The van der Waals surface area contributed by atoms with Crippen molar-refractivity contribution in [2.75, 3.05) is 0 Å². The summed E-state index contributed by atoms with van der Waals surface area (Å²) in [5.41, 5.74) is 1.04. The molecule has 0 saturated carbocycles. The molecule has 0 fully saturated rings. The molecule has 0 aliphatic carbocycles. The van der Waals surface area contributed by atoms with Crippen LogP contribution < -0.4 is 0 Å². The number of aryl methyl sites for hydroxylation is 1. The van der Waals surface area contributed by atoms with Crippen molar-refractivity contribution in [2.45, 2.75) is 24.3 Å². The molecule has 0 aliphatic heterocycles. The smallest absolute Gasteiger partial charge is 0.239 e. The molecule has 7 heteroatoms. The van der Waals surface area contributed by atoms with E-state index < -0.39 is 0 Å². The summed E-state index contributed by atoms with van der Waals surface area (Å²) in [6, 6.07) is 9.99. The van der Waals surface area contributed by atoms with E-state index in [9.17, 15) is 0 Å². The first kappa shape index (κ1) is 13.8. The van der Waals surface area contributed by atoms with Gasteiger partial charge in [0.25, 0.3) is 0 Å². The molecule has 2 aromatic heterocycles. The van der Waals surface area contributed by atoms with Crippen LogP contribution in [0.2, 0.25) is 0 Å². The van der Waals surface area contributed by atoms with Gasteiger partial charge in [-0.2, -0.15) is 4.98 Å². The molecular formula is C14H15N5OS. The van der Waals surface area contributed by atoms with E-state index in [0.717, 1.165) is 16.5 Å². The Hall–Kier alpha value is -2.15. The molecular weight excluding hydrogens is 286 g/mol. The van der Waals surface area contributed by atoms with Gasteiger partial charge in [0.05, 0.1) is 5.25 Å². The van der Waals surface area contributed by atoms with E-state index in [4.69, 9.17) is 4.52 Å². The van der Waals surface area contributed by atoms with Crippen LogP contribution in [0.4, 0.5) is 0 Å². The summed E-state index contributed by atoms with van der Waals surface area (Å²) in [6.07, 6.45) is 0. The van der Waals surface area contributed by atoms with Crippen LogP contribution in [-0.4, -0.2) is 24.9 Å². The predicted octanol–water partition coefficient (Wildman–Crippen LogP) is 3.03. The van der Waals surface area contributed by atoms with Gasteiger partial charge in [0, 0.05) is 12.6 Å². The molecule has 0 saturated heterocycles. The molecule has 0 spiro atoms. The zero-order chi connectivity index (χ0) is 14.8. The Balaban J connectivity index is 1.83. The lowest BCUT2D eigenvalue weighted by Gasteiger charge is -2.06. The van der Waals surface area contributed by atoms with E-state index in [2.05, 4.69) is 20.3 Å². The summed E-state index contributed by atoms with van der Waals surface area (Å²) < 4.78 is 7.16. The minimum atomic E-state index is 0.0257. The molecule has 0 radical (unpaired) electrons. The van der Waals surface area contributed by atoms with Crippen molar-refractivity contribution >= 4 is 11.8 Å². The fourth-order valence-electron chi connectivity index (χ4n) is 1.94. The van der Waals surface area contributed by atoms with E-state index in [-0.39, 0.29) is 5.25 Å². The maximum absolute atomic E-state index is 5.19. The highest BCUT2D eigenvalue weighted by Crippen LogP contribution is 2.33. The van der Waals surface area contributed by atoms with E-state index in [1.54, 1.807) is 18.7 Å². The number of nitrogens with zero attached hydrogens (tertiary/aromatic N) is 5. The summed E-state index contributed by atoms with van der Waals surface area (Å²) in [7, 11) is 1.95. The van der Waals surface area contributed by atoms with Gasteiger partial charge in [-0.3, -0.25) is 0 Å². The number of benzene rings is 1. The Morgan fingerprint density at radius 1 is 1.19 bits per heavy atom. The quantitative estimate of drug-likeness (QED) is 0.690. The van der Waals surface area contributed by atoms with Gasteiger partial charge >= 0.3 is 0 Å². The number of hydrogen-bond donors (Lipinski definition) is 0. The number of rotatable bonds is 4. The van der Waals surface area contributed by atoms with Crippen LogP contribution in [0.25, 0.3) is 11.4 Å². The van der Waals surface area contributed by atoms with E-state index >= 15 is 0 Å². The first-order valence-corrected chi connectivity index (χ1v) is 7.45. The van der Waals surface area contributed by atoms with Gasteiger partial charge in [0.1, 0.15) is 0 Å². The fourth-order valence-corrected chi connectivity index (χ4v) is 2.79. The molecule has 1 atom stereocenters. The lowest BCUT2D eigenvalue weighted by atomic mass is 10.2. The molecule has 21 heavy (non-hydrogen) atoms. The van der Waals surface area contributed by atoms with Gasteiger partial charge in [0.15, 0.2) is 16.8 Å². The standard InChI is InChI=1S/C14H15N5OS/c1-9(13-15-10(2)18-20-13)21-14-17-16-12(19(14)3)11-7-5-4-6-8-11/h4-9H,1-3H3/t9-/m0/s1. The monoisotopic (exact) mass is 301 g/mol. The Morgan fingerprint density at radius 3 is 2.62 bits per heavy atom. The van der Waals surface area contributed by atoms with Gasteiger partial charge in [-0.25, -0.2) is 0 Å². The Labute approximate surface area is 126 Å². The molecule has 0 amide bonds. The SMILES string of the molecule is Cc1noc([C@H](C)Sc2nnc(-c3ccccc3)n2C)n1. The minimum Gasteiger partial charge on any atom is -0.338 e. The molecule has 0 N–H and O–H groups in total. The third-order valence-corrected chi connectivity index (χ3v) is 4.16. The molecule has 0 aliphatic rings. The zero-order valence-electron chi connectivity index (χ0n) is 12.0. The van der Waals surface area contributed by atoms with Crippen molar-refractivity contribution in [3.8, 4) is 11.4 Å². The van der Waals surface area contributed by atoms with Crippen molar-refractivity contribution < 1.29 is 4.52 Å². The van der Waals surface area contributed by atoms with Crippen LogP contribution in [0.3, 0.4) is 0 Å². The molecule has 3 aromatic rings. The minimum absolute atomic E-state index is 0.0257. The average Bonchev–Trinajstić information content (AvgIpc) is 3.07. The zero-order valence-corrected chi connectivity index (χ0v) is 12.8. The van der Waals surface area contributed by atoms with Crippen molar-refractivity contribution in [3.63, 3.8) is 0 Å². The second-order valence-corrected chi connectivity index (χ2v) is 5.98. The van der Waals surface area contributed by atoms with E-state index in [1.807, 2.05) is 48.9 Å². The Morgan fingerprint density at radius 2 is 1.95 bits per heavy atom. The summed E-state index contributed by atoms with van der Waals surface area (Å²) in [6.45, 7) is 3.81. The van der Waals surface area contributed by atoms with Gasteiger partial charge in [-0.15, -0.1) is 10.2 Å². The molecule has 1 aromatic carbocycles. The van der Waals surface area contributed by atoms with Crippen molar-refractivity contribution in [2.24, 2.45) is 7.05 Å². The highest BCUT2D eigenvalue weighted by Gasteiger charge is 2.19. The van der Waals surface area contributed by atoms with E-state index in [0.29, 0.717) is 11.7 Å². The molecule has 0 bridgehead atoms. The highest BCUT2D eigenvalue weighted by atomic mass is 32.2. The van der Waals surface area contributed by atoms with Crippen molar-refractivity contribution in [1.82, 2.24) is 24.9 Å². The molecule has 3 rings (SSSR count). The Bertz CT molecular complexity index is 737. The second-order valence-electron chi connectivity index (χ2n) is 4.67. The third kappa shape index (κ3) is 2.82. The number of aromatic nitrogens is 5. The van der Waals surface area contributed by atoms with Gasteiger partial charge in [-0.05, 0) is 13.8 Å². The normalized spacial score (nSPS) is 12.5. The largest absolute Gasteiger partial charge is 0.338 e. The van der Waals surface area contributed by atoms with Crippen LogP contribution >= 0.6 is 11.8 Å². The summed E-state index contributed by atoms with van der Waals surface area (Å²) in [4.78, 5) is 4.25. The molecule has 2 heterocycles. The van der Waals surface area contributed by atoms with Crippen LogP contribution in [0.1, 0.15) is 23.9 Å². The van der Waals surface area contributed by atoms with Crippen molar-refractivity contribution in [3.05, 3.63) is 42.0 Å². The van der Waals surface area contributed by atoms with Crippen molar-refractivity contribution in [1.29, 1.82) is 0 Å². The number of thioether (sulfide) groups is 1. The van der Waals surface area contributed by atoms with Crippen LogP contribution in [0, 0.1) is 6.92 Å². The first-order chi connectivity index (χ1) is 10.1. The number of hydrogen-bond acceptors (Lipinski definition) is 6. The predicted molar refractivity (Wildman–Crippen MR) is 79.7 cm³/mol.